The van der Waals surface area contributed by atoms with E-state index in [9.17, 15) is 9.18 Å². The fourth-order valence-electron chi connectivity index (χ4n) is 4.76. The van der Waals surface area contributed by atoms with Gasteiger partial charge >= 0.3 is 0 Å². The Hall–Kier alpha value is -1.46. The Bertz CT molecular complexity index is 677. The summed E-state index contributed by atoms with van der Waals surface area (Å²) in [6.07, 6.45) is 7.27. The Balaban J connectivity index is 1.39. The van der Waals surface area contributed by atoms with Crippen molar-refractivity contribution in [1.29, 1.82) is 0 Å². The highest BCUT2D eigenvalue weighted by atomic mass is 19.1. The van der Waals surface area contributed by atoms with Gasteiger partial charge in [-0.05, 0) is 62.5 Å². The van der Waals surface area contributed by atoms with Gasteiger partial charge in [0.1, 0.15) is 5.82 Å². The molecule has 3 aliphatic rings. The second kappa shape index (κ2) is 7.88. The summed E-state index contributed by atoms with van der Waals surface area (Å²) < 4.78 is 25.9. The molecular formula is C22H30FNO3. The Labute approximate surface area is 161 Å². The molecule has 5 heteroatoms. The monoisotopic (exact) mass is 375 g/mol. The lowest BCUT2D eigenvalue weighted by atomic mass is 9.79. The van der Waals surface area contributed by atoms with Crippen LogP contribution in [0.3, 0.4) is 0 Å². The van der Waals surface area contributed by atoms with Crippen LogP contribution < -0.4 is 0 Å². The van der Waals surface area contributed by atoms with Gasteiger partial charge in [-0.2, -0.15) is 0 Å². The highest BCUT2D eigenvalue weighted by Gasteiger charge is 2.52. The number of ether oxygens (including phenoxy) is 2. The van der Waals surface area contributed by atoms with Gasteiger partial charge in [-0.15, -0.1) is 0 Å². The molecule has 1 saturated heterocycles. The predicted molar refractivity (Wildman–Crippen MR) is 101 cm³/mol. The average Bonchev–Trinajstić information content (AvgIpc) is 3.44. The first-order valence-electron chi connectivity index (χ1n) is 10.3. The number of methoxy groups -OCH3 is 1. The molecule has 0 spiro atoms. The van der Waals surface area contributed by atoms with Crippen LogP contribution in [0.25, 0.3) is 0 Å². The van der Waals surface area contributed by atoms with E-state index in [1.165, 1.54) is 18.9 Å². The number of carbonyl (C=O) groups excluding carboxylic acids is 1. The average molecular weight is 375 g/mol. The third-order valence-electron chi connectivity index (χ3n) is 6.69. The minimum absolute atomic E-state index is 0.0774. The molecule has 1 aromatic carbocycles. The number of rotatable bonds is 7. The lowest BCUT2D eigenvalue weighted by Gasteiger charge is -2.43. The molecule has 2 aliphatic carbocycles. The number of carbonyl (C=O) groups is 1. The fraction of sp³-hybridized carbons (Fsp3) is 0.682. The molecule has 0 bridgehead atoms. The van der Waals surface area contributed by atoms with Crippen molar-refractivity contribution < 1.29 is 18.7 Å². The van der Waals surface area contributed by atoms with E-state index in [4.69, 9.17) is 9.47 Å². The van der Waals surface area contributed by atoms with Crippen molar-refractivity contribution in [1.82, 2.24) is 4.90 Å². The van der Waals surface area contributed by atoms with Gasteiger partial charge in [0, 0.05) is 26.7 Å². The summed E-state index contributed by atoms with van der Waals surface area (Å²) in [5.74, 6) is 0.621. The zero-order valence-corrected chi connectivity index (χ0v) is 16.2. The highest BCUT2D eigenvalue weighted by Crippen LogP contribution is 2.44. The van der Waals surface area contributed by atoms with Crippen molar-refractivity contribution in [2.75, 3.05) is 20.3 Å². The number of nitrogens with zero attached hydrogens (tertiary/aromatic N) is 1. The minimum atomic E-state index is -0.232. The van der Waals surface area contributed by atoms with Gasteiger partial charge < -0.3 is 14.4 Å². The number of hydrogen-bond acceptors (Lipinski definition) is 3. The zero-order valence-electron chi connectivity index (χ0n) is 16.2. The summed E-state index contributed by atoms with van der Waals surface area (Å²) in [4.78, 5) is 14.9. The van der Waals surface area contributed by atoms with Crippen molar-refractivity contribution in [2.45, 2.75) is 69.1 Å². The Morgan fingerprint density at radius 1 is 1.26 bits per heavy atom. The molecule has 1 heterocycles. The van der Waals surface area contributed by atoms with Gasteiger partial charge in [0.05, 0.1) is 17.7 Å². The fourth-order valence-corrected chi connectivity index (χ4v) is 4.76. The van der Waals surface area contributed by atoms with Gasteiger partial charge in [-0.3, -0.25) is 4.79 Å². The molecule has 1 amide bonds. The van der Waals surface area contributed by atoms with Gasteiger partial charge in [0.25, 0.3) is 0 Å². The van der Waals surface area contributed by atoms with E-state index in [1.54, 1.807) is 19.2 Å². The number of fused-ring (bicyclic) bond motifs is 1. The first kappa shape index (κ1) is 18.9. The van der Waals surface area contributed by atoms with Crippen LogP contribution in [0.15, 0.2) is 24.3 Å². The number of halogens is 1. The summed E-state index contributed by atoms with van der Waals surface area (Å²) in [6, 6.07) is 6.78. The van der Waals surface area contributed by atoms with Crippen molar-refractivity contribution in [3.63, 3.8) is 0 Å². The number of amides is 1. The maximum absolute atomic E-state index is 13.8. The van der Waals surface area contributed by atoms with Crippen LogP contribution in [0.5, 0.6) is 0 Å². The van der Waals surface area contributed by atoms with E-state index >= 15 is 0 Å². The van der Waals surface area contributed by atoms with Crippen LogP contribution in [0, 0.1) is 11.7 Å². The maximum Gasteiger partial charge on any atom is 0.223 e. The number of benzene rings is 1. The smallest absolute Gasteiger partial charge is 0.223 e. The largest absolute Gasteiger partial charge is 0.378 e. The molecule has 4 rings (SSSR count). The molecule has 4 nitrogen and oxygen atoms in total. The van der Waals surface area contributed by atoms with Gasteiger partial charge in [-0.1, -0.05) is 18.2 Å². The van der Waals surface area contributed by atoms with Crippen LogP contribution in [0.4, 0.5) is 4.39 Å². The van der Waals surface area contributed by atoms with E-state index in [-0.39, 0.29) is 29.5 Å². The highest BCUT2D eigenvalue weighted by molar-refractivity contribution is 5.77. The summed E-state index contributed by atoms with van der Waals surface area (Å²) in [5.41, 5.74) is 0.380. The van der Waals surface area contributed by atoms with Crippen molar-refractivity contribution in [3.8, 4) is 0 Å². The summed E-state index contributed by atoms with van der Waals surface area (Å²) in [5, 5.41) is 0. The van der Waals surface area contributed by atoms with E-state index in [0.717, 1.165) is 44.8 Å². The first-order valence-corrected chi connectivity index (χ1v) is 10.3. The molecule has 3 atom stereocenters. The maximum atomic E-state index is 13.8. The van der Waals surface area contributed by atoms with E-state index in [2.05, 4.69) is 0 Å². The molecule has 1 aliphatic heterocycles. The molecule has 148 valence electrons. The van der Waals surface area contributed by atoms with Gasteiger partial charge in [-0.25, -0.2) is 4.39 Å². The molecule has 0 aromatic heterocycles. The molecule has 0 unspecified atom stereocenters. The SMILES string of the molecule is CO[C@@]12CC[C@@H](OCC3CC3)C[C@@H]1N(C(=O)CCc1ccccc1F)CC2. The molecule has 27 heavy (non-hydrogen) atoms. The molecular weight excluding hydrogens is 345 g/mol. The Morgan fingerprint density at radius 3 is 2.81 bits per heavy atom. The molecule has 0 N–H and O–H groups in total. The van der Waals surface area contributed by atoms with Crippen LogP contribution in [0.2, 0.25) is 0 Å². The lowest BCUT2D eigenvalue weighted by molar-refractivity contribution is -0.141. The second-order valence-electron chi connectivity index (χ2n) is 8.39. The van der Waals surface area contributed by atoms with Crippen LogP contribution >= 0.6 is 0 Å². The summed E-state index contributed by atoms with van der Waals surface area (Å²) >= 11 is 0. The minimum Gasteiger partial charge on any atom is -0.378 e. The van der Waals surface area contributed by atoms with Crippen LogP contribution in [-0.4, -0.2) is 48.8 Å². The second-order valence-corrected chi connectivity index (χ2v) is 8.39. The van der Waals surface area contributed by atoms with Crippen molar-refractivity contribution >= 4 is 5.91 Å². The van der Waals surface area contributed by atoms with Crippen molar-refractivity contribution in [2.24, 2.45) is 5.92 Å². The number of likely N-dealkylation sites (tertiary alicyclic amines) is 1. The molecule has 3 fully saturated rings. The quantitative estimate of drug-likeness (QED) is 0.729. The number of hydrogen-bond donors (Lipinski definition) is 0. The summed E-state index contributed by atoms with van der Waals surface area (Å²) in [7, 11) is 1.77. The topological polar surface area (TPSA) is 38.8 Å². The standard InChI is InChI=1S/C22H30FNO3/c1-26-22-11-10-18(27-15-16-6-7-16)14-20(22)24(13-12-22)21(25)9-8-17-4-2-3-5-19(17)23/h2-5,16,18,20H,6-15H2,1H3/t18-,20+,22-/m1/s1. The predicted octanol–water partition coefficient (Wildman–Crippen LogP) is 3.72. The third kappa shape index (κ3) is 4.04. The Morgan fingerprint density at radius 2 is 2.07 bits per heavy atom. The Kier molecular flexibility index (Phi) is 5.51. The lowest BCUT2D eigenvalue weighted by Crippen LogP contribution is -2.53. The first-order chi connectivity index (χ1) is 13.1. The third-order valence-corrected chi connectivity index (χ3v) is 6.69. The molecule has 0 radical (unpaired) electrons. The van der Waals surface area contributed by atoms with Crippen molar-refractivity contribution in [3.05, 3.63) is 35.6 Å². The molecule has 1 aromatic rings. The van der Waals surface area contributed by atoms with E-state index < -0.39 is 0 Å². The van der Waals surface area contributed by atoms with Gasteiger partial charge in [0.2, 0.25) is 5.91 Å². The number of aryl methyl sites for hydroxylation is 1. The van der Waals surface area contributed by atoms with Gasteiger partial charge in [0.15, 0.2) is 0 Å². The normalized spacial score (nSPS) is 30.4. The van der Waals surface area contributed by atoms with Crippen LogP contribution in [0.1, 0.15) is 50.5 Å². The molecule has 2 saturated carbocycles. The van der Waals surface area contributed by atoms with E-state index in [0.29, 0.717) is 18.4 Å². The van der Waals surface area contributed by atoms with Crippen LogP contribution in [-0.2, 0) is 20.7 Å². The summed E-state index contributed by atoms with van der Waals surface area (Å²) in [6.45, 7) is 1.59. The zero-order chi connectivity index (χ0) is 18.9. The van der Waals surface area contributed by atoms with E-state index in [1.807, 2.05) is 11.0 Å².